The highest BCUT2D eigenvalue weighted by Crippen LogP contribution is 2.27. The van der Waals surface area contributed by atoms with E-state index in [0.717, 1.165) is 0 Å². The van der Waals surface area contributed by atoms with Gasteiger partial charge < -0.3 is 5.32 Å². The Kier molecular flexibility index (Phi) is 7.27. The Labute approximate surface area is 143 Å². The molecular formula is C15H19F3N4OS. The Morgan fingerprint density at radius 2 is 2.08 bits per heavy atom. The molecule has 5 nitrogen and oxygen atoms in total. The van der Waals surface area contributed by atoms with Gasteiger partial charge in [-0.05, 0) is 19.1 Å². The number of nitrogens with zero attached hydrogens (tertiary/aromatic N) is 3. The molecule has 0 radical (unpaired) electrons. The summed E-state index contributed by atoms with van der Waals surface area (Å²) >= 11 is 3.39. The number of carbonyl (C=O) groups is 1. The van der Waals surface area contributed by atoms with Crippen LogP contribution in [0.3, 0.4) is 0 Å². The fourth-order valence-corrected chi connectivity index (χ4v) is 1.86. The minimum absolute atomic E-state index is 0.344. The third-order valence-corrected chi connectivity index (χ3v) is 3.32. The molecule has 0 spiro atoms. The molecular weight excluding hydrogens is 341 g/mol. The Bertz CT molecular complexity index is 658. The van der Waals surface area contributed by atoms with E-state index in [0.29, 0.717) is 17.1 Å². The lowest BCUT2D eigenvalue weighted by molar-refractivity contribution is -0.137. The summed E-state index contributed by atoms with van der Waals surface area (Å²) in [6, 6.07) is 3.48. The molecule has 2 rings (SSSR count). The highest BCUT2D eigenvalue weighted by atomic mass is 32.1. The molecule has 24 heavy (non-hydrogen) atoms. The smallest absolute Gasteiger partial charge is 0.323 e. The Hall–Kier alpha value is -2.03. The molecule has 0 aliphatic rings. The molecule has 9 heteroatoms. The molecule has 1 amide bonds. The fraction of sp³-hybridized carbons (Fsp3) is 0.400. The molecule has 2 heterocycles. The number of thiol groups is 1. The van der Waals surface area contributed by atoms with E-state index in [-0.39, 0.29) is 0 Å². The molecule has 0 saturated heterocycles. The van der Waals surface area contributed by atoms with Gasteiger partial charge in [0.25, 0.3) is 0 Å². The molecule has 0 aliphatic heterocycles. The number of halogens is 3. The zero-order valence-corrected chi connectivity index (χ0v) is 14.4. The minimum atomic E-state index is -4.52. The number of hydrogen-bond acceptors (Lipinski definition) is 4. The van der Waals surface area contributed by atoms with Gasteiger partial charge in [0.1, 0.15) is 5.25 Å². The number of amides is 1. The number of alkyl halides is 3. The number of carbonyl (C=O) groups excluding carboxylic acids is 1. The Morgan fingerprint density at radius 1 is 1.42 bits per heavy atom. The maximum Gasteiger partial charge on any atom is 0.400 e. The number of hydrogen-bond donors (Lipinski definition) is 2. The first-order valence-electron chi connectivity index (χ1n) is 7.28. The minimum Gasteiger partial charge on any atom is -0.323 e. The van der Waals surface area contributed by atoms with Crippen LogP contribution >= 0.6 is 12.6 Å². The van der Waals surface area contributed by atoms with E-state index < -0.39 is 23.8 Å². The Balaban J connectivity index is 0.00000139. The van der Waals surface area contributed by atoms with Crippen molar-refractivity contribution in [3.63, 3.8) is 0 Å². The molecule has 0 bridgehead atoms. The quantitative estimate of drug-likeness (QED) is 0.816. The zero-order valence-electron chi connectivity index (χ0n) is 13.5. The van der Waals surface area contributed by atoms with Crippen LogP contribution in [0, 0.1) is 6.92 Å². The van der Waals surface area contributed by atoms with Crippen molar-refractivity contribution in [1.29, 1.82) is 0 Å². The van der Waals surface area contributed by atoms with E-state index in [9.17, 15) is 18.0 Å². The largest absolute Gasteiger partial charge is 0.400 e. The molecule has 1 unspecified atom stereocenters. The standard InChI is InChI=1S/C13H13F3N4OS.C2H6/c1-8-10(18-12(21)5-11(22)13(14,15)16)7-20(19-8)9-3-2-4-17-6-9;1-2/h2-4,6-7,11,22H,5H2,1H3,(H,18,21);1-2H3. The SMILES string of the molecule is CC.Cc1nn(-c2cccnc2)cc1NC(=O)CC(S)C(F)(F)F. The van der Waals surface area contributed by atoms with E-state index in [1.165, 1.54) is 10.9 Å². The number of rotatable bonds is 4. The van der Waals surface area contributed by atoms with Crippen molar-refractivity contribution in [3.05, 3.63) is 36.4 Å². The van der Waals surface area contributed by atoms with E-state index in [1.54, 1.807) is 31.5 Å². The van der Waals surface area contributed by atoms with Gasteiger partial charge in [0.2, 0.25) is 5.91 Å². The number of aromatic nitrogens is 3. The molecule has 2 aromatic rings. The fourth-order valence-electron chi connectivity index (χ4n) is 1.70. The summed E-state index contributed by atoms with van der Waals surface area (Å²) in [4.78, 5) is 15.6. The highest BCUT2D eigenvalue weighted by molar-refractivity contribution is 7.81. The first-order chi connectivity index (χ1) is 11.3. The lowest BCUT2D eigenvalue weighted by Gasteiger charge is -2.13. The van der Waals surface area contributed by atoms with Gasteiger partial charge in [-0.1, -0.05) is 13.8 Å². The maximum atomic E-state index is 12.4. The summed E-state index contributed by atoms with van der Waals surface area (Å²) in [6.07, 6.45) is -0.581. The average molecular weight is 360 g/mol. The van der Waals surface area contributed by atoms with Gasteiger partial charge in [-0.2, -0.15) is 30.9 Å². The second kappa shape index (κ2) is 8.72. The Morgan fingerprint density at radius 3 is 2.62 bits per heavy atom. The molecule has 0 saturated carbocycles. The van der Waals surface area contributed by atoms with Crippen LogP contribution in [0.1, 0.15) is 26.0 Å². The predicted octanol–water partition coefficient (Wildman–Crippen LogP) is 3.79. The van der Waals surface area contributed by atoms with Crippen molar-refractivity contribution in [2.75, 3.05) is 5.32 Å². The number of pyridine rings is 1. The van der Waals surface area contributed by atoms with Crippen LogP contribution in [0.25, 0.3) is 5.69 Å². The second-order valence-corrected chi connectivity index (χ2v) is 5.22. The van der Waals surface area contributed by atoms with Gasteiger partial charge in [-0.3, -0.25) is 9.78 Å². The zero-order chi connectivity index (χ0) is 18.3. The van der Waals surface area contributed by atoms with Gasteiger partial charge in [0.05, 0.1) is 29.5 Å². The van der Waals surface area contributed by atoms with Crippen molar-refractivity contribution in [3.8, 4) is 5.69 Å². The van der Waals surface area contributed by atoms with Crippen LogP contribution in [0.5, 0.6) is 0 Å². The number of aryl methyl sites for hydroxylation is 1. The average Bonchev–Trinajstić information content (AvgIpc) is 2.90. The first-order valence-corrected chi connectivity index (χ1v) is 7.80. The van der Waals surface area contributed by atoms with Crippen LogP contribution in [0.2, 0.25) is 0 Å². The third kappa shape index (κ3) is 5.55. The van der Waals surface area contributed by atoms with Crippen LogP contribution in [-0.4, -0.2) is 32.1 Å². The first kappa shape index (κ1) is 20.0. The van der Waals surface area contributed by atoms with Crippen molar-refractivity contribution in [2.24, 2.45) is 0 Å². The number of anilines is 1. The van der Waals surface area contributed by atoms with Gasteiger partial charge in [0, 0.05) is 12.6 Å². The topological polar surface area (TPSA) is 59.8 Å². The molecule has 1 N–H and O–H groups in total. The van der Waals surface area contributed by atoms with Crippen LogP contribution < -0.4 is 5.32 Å². The van der Waals surface area contributed by atoms with Crippen molar-refractivity contribution in [2.45, 2.75) is 38.6 Å². The second-order valence-electron chi connectivity index (χ2n) is 4.59. The maximum absolute atomic E-state index is 12.4. The highest BCUT2D eigenvalue weighted by Gasteiger charge is 2.38. The molecule has 2 aromatic heterocycles. The summed E-state index contributed by atoms with van der Waals surface area (Å²) < 4.78 is 38.6. The normalized spacial score (nSPS) is 12.1. The van der Waals surface area contributed by atoms with Gasteiger partial charge in [-0.25, -0.2) is 4.68 Å². The summed E-state index contributed by atoms with van der Waals surface area (Å²) in [5.41, 5.74) is 1.50. The summed E-state index contributed by atoms with van der Waals surface area (Å²) in [7, 11) is 0. The summed E-state index contributed by atoms with van der Waals surface area (Å²) in [5.74, 6) is -0.772. The summed E-state index contributed by atoms with van der Waals surface area (Å²) in [5, 5.41) is 4.60. The number of nitrogens with one attached hydrogen (secondary N) is 1. The summed E-state index contributed by atoms with van der Waals surface area (Å²) in [6.45, 7) is 5.64. The van der Waals surface area contributed by atoms with E-state index in [4.69, 9.17) is 0 Å². The van der Waals surface area contributed by atoms with Gasteiger partial charge >= 0.3 is 6.18 Å². The molecule has 132 valence electrons. The van der Waals surface area contributed by atoms with E-state index >= 15 is 0 Å². The third-order valence-electron chi connectivity index (χ3n) is 2.84. The molecule has 0 aromatic carbocycles. The lowest BCUT2D eigenvalue weighted by atomic mass is 10.2. The van der Waals surface area contributed by atoms with Crippen molar-refractivity contribution in [1.82, 2.24) is 14.8 Å². The predicted molar refractivity (Wildman–Crippen MR) is 89.5 cm³/mol. The molecule has 0 aliphatic carbocycles. The molecule has 1 atom stereocenters. The van der Waals surface area contributed by atoms with E-state index in [2.05, 4.69) is 28.0 Å². The van der Waals surface area contributed by atoms with E-state index in [1.807, 2.05) is 13.8 Å². The van der Waals surface area contributed by atoms with Crippen LogP contribution in [0.15, 0.2) is 30.7 Å². The van der Waals surface area contributed by atoms with Crippen molar-refractivity contribution >= 4 is 24.2 Å². The molecule has 0 fully saturated rings. The van der Waals surface area contributed by atoms with Crippen LogP contribution in [0.4, 0.5) is 18.9 Å². The lowest BCUT2D eigenvalue weighted by Crippen LogP contribution is -2.28. The van der Waals surface area contributed by atoms with Crippen molar-refractivity contribution < 1.29 is 18.0 Å². The monoisotopic (exact) mass is 360 g/mol. The van der Waals surface area contributed by atoms with Gasteiger partial charge in [0.15, 0.2) is 0 Å². The van der Waals surface area contributed by atoms with Gasteiger partial charge in [-0.15, -0.1) is 0 Å². The van der Waals surface area contributed by atoms with Crippen LogP contribution in [-0.2, 0) is 4.79 Å².